The first-order valence-electron chi connectivity index (χ1n) is 11.5. The molecule has 2 aromatic rings. The number of aliphatic carboxylic acids is 1. The van der Waals surface area contributed by atoms with E-state index >= 15 is 0 Å². The molecule has 2 aromatic carbocycles. The molecule has 0 radical (unpaired) electrons. The molecule has 0 heterocycles. The van der Waals surface area contributed by atoms with Crippen molar-refractivity contribution in [3.05, 3.63) is 59.7 Å². The summed E-state index contributed by atoms with van der Waals surface area (Å²) in [7, 11) is 0. The van der Waals surface area contributed by atoms with Gasteiger partial charge >= 0.3 is 12.1 Å². The Bertz CT molecular complexity index is 943. The summed E-state index contributed by atoms with van der Waals surface area (Å²) in [6.07, 6.45) is 0.827. The Balaban J connectivity index is 1.59. The molecule has 7 nitrogen and oxygen atoms in total. The van der Waals surface area contributed by atoms with Crippen molar-refractivity contribution in [3.63, 3.8) is 0 Å². The van der Waals surface area contributed by atoms with Crippen LogP contribution >= 0.6 is 0 Å². The Morgan fingerprint density at radius 1 is 0.970 bits per heavy atom. The summed E-state index contributed by atoms with van der Waals surface area (Å²) in [4.78, 5) is 36.1. The fraction of sp³-hybridized carbons (Fsp3) is 0.423. The average molecular weight is 453 g/mol. The first kappa shape index (κ1) is 24.3. The van der Waals surface area contributed by atoms with Gasteiger partial charge in [-0.05, 0) is 47.4 Å². The van der Waals surface area contributed by atoms with Crippen molar-refractivity contribution in [2.45, 2.75) is 51.5 Å². The van der Waals surface area contributed by atoms with E-state index in [1.807, 2.05) is 36.4 Å². The van der Waals surface area contributed by atoms with Crippen LogP contribution in [0.1, 0.15) is 56.6 Å². The SMILES string of the molecule is CC(C)CCCNC(=O)C(CCC(=O)O)NC(=O)OCC1c2ccccc2-c2ccccc21. The quantitative estimate of drug-likeness (QED) is 0.441. The third kappa shape index (κ3) is 6.57. The van der Waals surface area contributed by atoms with Crippen LogP contribution in [0.25, 0.3) is 11.1 Å². The lowest BCUT2D eigenvalue weighted by molar-refractivity contribution is -0.137. The zero-order chi connectivity index (χ0) is 23.8. The van der Waals surface area contributed by atoms with Gasteiger partial charge in [0.1, 0.15) is 12.6 Å². The number of carbonyl (C=O) groups is 3. The van der Waals surface area contributed by atoms with Gasteiger partial charge in [-0.2, -0.15) is 0 Å². The van der Waals surface area contributed by atoms with E-state index in [9.17, 15) is 14.4 Å². The second-order valence-electron chi connectivity index (χ2n) is 8.78. The van der Waals surface area contributed by atoms with Crippen LogP contribution in [0, 0.1) is 5.92 Å². The van der Waals surface area contributed by atoms with E-state index in [1.54, 1.807) is 0 Å². The van der Waals surface area contributed by atoms with Crippen LogP contribution in [-0.4, -0.2) is 42.3 Å². The number of fused-ring (bicyclic) bond motifs is 3. The molecule has 3 N–H and O–H groups in total. The molecule has 0 fully saturated rings. The molecule has 1 aliphatic rings. The third-order valence-electron chi connectivity index (χ3n) is 5.86. The number of nitrogens with one attached hydrogen (secondary N) is 2. The van der Waals surface area contributed by atoms with Gasteiger partial charge in [-0.25, -0.2) is 4.79 Å². The highest BCUT2D eigenvalue weighted by atomic mass is 16.5. The fourth-order valence-electron chi connectivity index (χ4n) is 4.16. The van der Waals surface area contributed by atoms with E-state index < -0.39 is 24.0 Å². The maximum atomic E-state index is 12.5. The van der Waals surface area contributed by atoms with Crippen LogP contribution < -0.4 is 10.6 Å². The second-order valence-corrected chi connectivity index (χ2v) is 8.78. The molecular weight excluding hydrogens is 420 g/mol. The maximum absolute atomic E-state index is 12.5. The third-order valence-corrected chi connectivity index (χ3v) is 5.86. The topological polar surface area (TPSA) is 105 Å². The van der Waals surface area contributed by atoms with Crippen LogP contribution in [0.5, 0.6) is 0 Å². The molecule has 0 bridgehead atoms. The normalized spacial score (nSPS) is 13.2. The van der Waals surface area contributed by atoms with E-state index in [1.165, 1.54) is 0 Å². The van der Waals surface area contributed by atoms with Crippen LogP contribution in [0.3, 0.4) is 0 Å². The van der Waals surface area contributed by atoms with Gasteiger partial charge in [-0.3, -0.25) is 9.59 Å². The van der Waals surface area contributed by atoms with E-state index in [2.05, 4.69) is 36.6 Å². The number of rotatable bonds is 11. The van der Waals surface area contributed by atoms with Crippen LogP contribution in [0.15, 0.2) is 48.5 Å². The lowest BCUT2D eigenvalue weighted by Gasteiger charge is -2.19. The molecule has 0 spiro atoms. The number of carboxylic acids is 1. The molecule has 0 aliphatic heterocycles. The van der Waals surface area contributed by atoms with Gasteiger partial charge in [0.05, 0.1) is 0 Å². The monoisotopic (exact) mass is 452 g/mol. The number of hydrogen-bond donors (Lipinski definition) is 3. The smallest absolute Gasteiger partial charge is 0.407 e. The van der Waals surface area contributed by atoms with Gasteiger partial charge < -0.3 is 20.5 Å². The second kappa shape index (κ2) is 11.5. The van der Waals surface area contributed by atoms with Crippen molar-refractivity contribution in [2.75, 3.05) is 13.2 Å². The van der Waals surface area contributed by atoms with Gasteiger partial charge in [0.2, 0.25) is 5.91 Å². The highest BCUT2D eigenvalue weighted by Gasteiger charge is 2.29. The van der Waals surface area contributed by atoms with Gasteiger partial charge in [0.25, 0.3) is 0 Å². The summed E-state index contributed by atoms with van der Waals surface area (Å²) >= 11 is 0. The Hall–Kier alpha value is -3.35. The molecule has 33 heavy (non-hydrogen) atoms. The van der Waals surface area contributed by atoms with Gasteiger partial charge in [0.15, 0.2) is 0 Å². The number of amides is 2. The minimum absolute atomic E-state index is 0.00442. The molecule has 0 saturated heterocycles. The number of hydrogen-bond acceptors (Lipinski definition) is 4. The van der Waals surface area contributed by atoms with Crippen molar-refractivity contribution < 1.29 is 24.2 Å². The molecule has 7 heteroatoms. The van der Waals surface area contributed by atoms with Crippen molar-refractivity contribution in [3.8, 4) is 11.1 Å². The van der Waals surface area contributed by atoms with Crippen LogP contribution in [-0.2, 0) is 14.3 Å². The summed E-state index contributed by atoms with van der Waals surface area (Å²) in [6.45, 7) is 4.82. The Morgan fingerprint density at radius 2 is 1.58 bits per heavy atom. The largest absolute Gasteiger partial charge is 0.481 e. The zero-order valence-corrected chi connectivity index (χ0v) is 19.2. The maximum Gasteiger partial charge on any atom is 0.407 e. The van der Waals surface area contributed by atoms with Crippen molar-refractivity contribution in [1.29, 1.82) is 0 Å². The summed E-state index contributed by atoms with van der Waals surface area (Å²) in [5.74, 6) is -0.982. The standard InChI is InChI=1S/C26H32N2O5/c1-17(2)8-7-15-27-25(31)23(13-14-24(29)30)28-26(32)33-16-22-20-11-5-3-9-18(20)19-10-4-6-12-21(19)22/h3-6,9-12,17,22-23H,7-8,13-16H2,1-2H3,(H,27,31)(H,28,32)(H,29,30). The summed E-state index contributed by atoms with van der Waals surface area (Å²) in [5, 5.41) is 14.4. The van der Waals surface area contributed by atoms with E-state index in [0.29, 0.717) is 12.5 Å². The molecular formula is C26H32N2O5. The van der Waals surface area contributed by atoms with Gasteiger partial charge in [0, 0.05) is 18.9 Å². The summed E-state index contributed by atoms with van der Waals surface area (Å²) < 4.78 is 5.51. The Morgan fingerprint density at radius 3 is 2.15 bits per heavy atom. The first-order valence-corrected chi connectivity index (χ1v) is 11.5. The zero-order valence-electron chi connectivity index (χ0n) is 19.2. The highest BCUT2D eigenvalue weighted by Crippen LogP contribution is 2.44. The van der Waals surface area contributed by atoms with Crippen molar-refractivity contribution >= 4 is 18.0 Å². The number of carbonyl (C=O) groups excluding carboxylic acids is 2. The van der Waals surface area contributed by atoms with Crippen LogP contribution in [0.2, 0.25) is 0 Å². The average Bonchev–Trinajstić information content (AvgIpc) is 3.11. The Labute approximate surface area is 194 Å². The number of ether oxygens (including phenoxy) is 1. The number of carboxylic acid groups (broad SMARTS) is 1. The fourth-order valence-corrected chi connectivity index (χ4v) is 4.16. The molecule has 3 rings (SSSR count). The van der Waals surface area contributed by atoms with Gasteiger partial charge in [-0.15, -0.1) is 0 Å². The first-order chi connectivity index (χ1) is 15.9. The minimum atomic E-state index is -1.03. The highest BCUT2D eigenvalue weighted by molar-refractivity contribution is 5.86. The lowest BCUT2D eigenvalue weighted by atomic mass is 9.98. The van der Waals surface area contributed by atoms with E-state index in [0.717, 1.165) is 35.1 Å². The molecule has 0 saturated carbocycles. The number of benzene rings is 2. The molecule has 1 aliphatic carbocycles. The lowest BCUT2D eigenvalue weighted by Crippen LogP contribution is -2.47. The molecule has 1 unspecified atom stereocenters. The number of alkyl carbamates (subject to hydrolysis) is 1. The molecule has 0 aromatic heterocycles. The molecule has 176 valence electrons. The van der Waals surface area contributed by atoms with Crippen molar-refractivity contribution in [1.82, 2.24) is 10.6 Å². The van der Waals surface area contributed by atoms with E-state index in [4.69, 9.17) is 9.84 Å². The summed E-state index contributed by atoms with van der Waals surface area (Å²) in [6, 6.07) is 15.1. The minimum Gasteiger partial charge on any atom is -0.481 e. The molecule has 1 atom stereocenters. The van der Waals surface area contributed by atoms with Crippen LogP contribution in [0.4, 0.5) is 4.79 Å². The predicted octanol–water partition coefficient (Wildman–Crippen LogP) is 4.31. The van der Waals surface area contributed by atoms with Gasteiger partial charge in [-0.1, -0.05) is 62.4 Å². The molecule has 2 amide bonds. The van der Waals surface area contributed by atoms with E-state index in [-0.39, 0.29) is 25.4 Å². The summed E-state index contributed by atoms with van der Waals surface area (Å²) in [5.41, 5.74) is 4.44. The van der Waals surface area contributed by atoms with Crippen molar-refractivity contribution in [2.24, 2.45) is 5.92 Å². The predicted molar refractivity (Wildman–Crippen MR) is 126 cm³/mol. The Kier molecular flexibility index (Phi) is 8.46.